The molecule has 1 atom stereocenters. The maximum Gasteiger partial charge on any atom is 0.410 e. The first-order valence-corrected chi connectivity index (χ1v) is 19.0. The van der Waals surface area contributed by atoms with E-state index in [0.717, 1.165) is 29.8 Å². The van der Waals surface area contributed by atoms with E-state index < -0.39 is 20.0 Å². The van der Waals surface area contributed by atoms with Crippen molar-refractivity contribution < 1.29 is 18.7 Å². The molecule has 0 radical (unpaired) electrons. The van der Waals surface area contributed by atoms with Gasteiger partial charge in [0, 0.05) is 31.0 Å². The number of ether oxygens (including phenoxy) is 2. The highest BCUT2D eigenvalue weighted by Gasteiger charge is 2.38. The van der Waals surface area contributed by atoms with Crippen LogP contribution in [0.2, 0.25) is 18.1 Å². The van der Waals surface area contributed by atoms with E-state index in [0.29, 0.717) is 42.2 Å². The van der Waals surface area contributed by atoms with Gasteiger partial charge in [-0.1, -0.05) is 32.1 Å². The van der Waals surface area contributed by atoms with Gasteiger partial charge >= 0.3 is 6.09 Å². The number of hydrogen-bond donors (Lipinski definition) is 0. The standard InChI is InChI=1S/C34H46N8O4Si/c1-23-30(38-39-42(23)26-13-16-40(17-14-26)32(43)46-33(2,3)4)24-18-28(31-25(19-35)20-37-41(31)21-24)45-29(27-12-10-11-15-36-27)22-44-47(8,9)34(5,6)7/h10-12,15,18,20-21,26,29H,13-14,16-17,22H2,1-9H3. The van der Waals surface area contributed by atoms with Crippen molar-refractivity contribution in [3.63, 3.8) is 0 Å². The molecule has 47 heavy (non-hydrogen) atoms. The first-order chi connectivity index (χ1) is 22.1. The van der Waals surface area contributed by atoms with E-state index in [-0.39, 0.29) is 17.2 Å². The van der Waals surface area contributed by atoms with Gasteiger partial charge in [-0.2, -0.15) is 10.4 Å². The summed E-state index contributed by atoms with van der Waals surface area (Å²) in [7, 11) is -2.11. The van der Waals surface area contributed by atoms with Crippen molar-refractivity contribution in [2.24, 2.45) is 0 Å². The third-order valence-electron chi connectivity index (χ3n) is 9.05. The largest absolute Gasteiger partial charge is 0.479 e. The van der Waals surface area contributed by atoms with Crippen molar-refractivity contribution in [1.82, 2.24) is 34.5 Å². The Kier molecular flexibility index (Phi) is 9.48. The summed E-state index contributed by atoms with van der Waals surface area (Å²) in [5.74, 6) is 0.477. The Morgan fingerprint density at radius 2 is 1.87 bits per heavy atom. The summed E-state index contributed by atoms with van der Waals surface area (Å²) < 4.78 is 22.5. The Morgan fingerprint density at radius 1 is 1.15 bits per heavy atom. The number of nitrogens with zero attached hydrogens (tertiary/aromatic N) is 8. The number of carbonyl (C=O) groups is 1. The fraction of sp³-hybridized carbons (Fsp3) is 0.529. The third-order valence-corrected chi connectivity index (χ3v) is 13.5. The topological polar surface area (TPSA) is 133 Å². The molecule has 12 nitrogen and oxygen atoms in total. The van der Waals surface area contributed by atoms with Crippen LogP contribution in [-0.4, -0.2) is 74.2 Å². The highest BCUT2D eigenvalue weighted by atomic mass is 28.4. The minimum Gasteiger partial charge on any atom is -0.479 e. The first kappa shape index (κ1) is 34.1. The number of carbonyl (C=O) groups excluding carboxylic acids is 1. The summed E-state index contributed by atoms with van der Waals surface area (Å²) >= 11 is 0. The Balaban J connectivity index is 1.45. The van der Waals surface area contributed by atoms with Crippen LogP contribution in [0.5, 0.6) is 5.75 Å². The fourth-order valence-corrected chi connectivity index (χ4v) is 6.36. The van der Waals surface area contributed by atoms with Crippen LogP contribution in [-0.2, 0) is 9.16 Å². The second kappa shape index (κ2) is 13.1. The van der Waals surface area contributed by atoms with Gasteiger partial charge in [-0.05, 0) is 76.9 Å². The van der Waals surface area contributed by atoms with Gasteiger partial charge in [0.1, 0.15) is 34.2 Å². The number of piperidine rings is 1. The zero-order valence-electron chi connectivity index (χ0n) is 28.9. The van der Waals surface area contributed by atoms with Gasteiger partial charge in [0.25, 0.3) is 0 Å². The average molecular weight is 659 g/mol. The maximum absolute atomic E-state index is 12.6. The lowest BCUT2D eigenvalue weighted by molar-refractivity contribution is 0.0183. The molecule has 1 unspecified atom stereocenters. The highest BCUT2D eigenvalue weighted by Crippen LogP contribution is 2.39. The second-order valence-electron chi connectivity index (χ2n) is 14.7. The molecule has 0 spiro atoms. The SMILES string of the molecule is Cc1c(-c2cc(OC(CO[Si](C)(C)C(C)(C)C)c3ccccn3)c3c(C#N)cnn3c2)nnn1C1CCN(C(=O)OC(C)(C)C)CC1. The number of hydrogen-bond acceptors (Lipinski definition) is 9. The molecule has 0 aromatic carbocycles. The molecule has 0 bridgehead atoms. The molecule has 0 N–H and O–H groups in total. The molecule has 4 aromatic heterocycles. The molecule has 5 heterocycles. The van der Waals surface area contributed by atoms with Crippen LogP contribution in [0.4, 0.5) is 4.79 Å². The number of aromatic nitrogens is 6. The highest BCUT2D eigenvalue weighted by molar-refractivity contribution is 6.74. The number of rotatable bonds is 8. The molecule has 1 aliphatic heterocycles. The van der Waals surface area contributed by atoms with Crippen LogP contribution < -0.4 is 4.74 Å². The van der Waals surface area contributed by atoms with Crippen molar-refractivity contribution in [2.45, 2.75) is 97.2 Å². The summed E-state index contributed by atoms with van der Waals surface area (Å²) in [4.78, 5) is 18.9. The van der Waals surface area contributed by atoms with E-state index in [1.54, 1.807) is 15.6 Å². The third kappa shape index (κ3) is 7.49. The number of fused-ring (bicyclic) bond motifs is 1. The van der Waals surface area contributed by atoms with E-state index in [2.05, 4.69) is 60.3 Å². The van der Waals surface area contributed by atoms with Crippen molar-refractivity contribution >= 4 is 19.9 Å². The number of likely N-dealkylation sites (tertiary alicyclic amines) is 1. The van der Waals surface area contributed by atoms with E-state index in [4.69, 9.17) is 13.9 Å². The average Bonchev–Trinajstić information content (AvgIpc) is 3.61. The van der Waals surface area contributed by atoms with Gasteiger partial charge in [-0.15, -0.1) is 5.10 Å². The normalized spacial score (nSPS) is 15.4. The molecule has 1 saturated heterocycles. The van der Waals surface area contributed by atoms with Crippen LogP contribution in [0.3, 0.4) is 0 Å². The molecule has 5 rings (SSSR count). The van der Waals surface area contributed by atoms with Crippen molar-refractivity contribution in [2.75, 3.05) is 19.7 Å². The Bertz CT molecular complexity index is 1760. The fourth-order valence-electron chi connectivity index (χ4n) is 5.36. The summed E-state index contributed by atoms with van der Waals surface area (Å²) in [5.41, 5.74) is 3.48. The summed E-state index contributed by atoms with van der Waals surface area (Å²) in [5, 5.41) is 23.6. The molecular formula is C34H46N8O4Si. The van der Waals surface area contributed by atoms with E-state index in [1.165, 1.54) is 6.20 Å². The van der Waals surface area contributed by atoms with Gasteiger partial charge < -0.3 is 18.8 Å². The second-order valence-corrected chi connectivity index (χ2v) is 19.5. The first-order valence-electron chi connectivity index (χ1n) is 16.1. The van der Waals surface area contributed by atoms with Crippen LogP contribution in [0.25, 0.3) is 16.8 Å². The molecule has 4 aromatic rings. The number of nitriles is 1. The summed E-state index contributed by atoms with van der Waals surface area (Å²) in [6, 6.07) is 9.95. The Labute approximate surface area is 277 Å². The van der Waals surface area contributed by atoms with Gasteiger partial charge in [0.05, 0.1) is 30.2 Å². The number of amides is 1. The predicted molar refractivity (Wildman–Crippen MR) is 180 cm³/mol. The van der Waals surface area contributed by atoms with Gasteiger partial charge in [0.2, 0.25) is 0 Å². The zero-order valence-corrected chi connectivity index (χ0v) is 29.9. The molecular weight excluding hydrogens is 613 g/mol. The van der Waals surface area contributed by atoms with Crippen LogP contribution in [0.15, 0.2) is 42.9 Å². The minimum atomic E-state index is -2.11. The zero-order chi connectivity index (χ0) is 34.1. The van der Waals surface area contributed by atoms with E-state index >= 15 is 0 Å². The summed E-state index contributed by atoms with van der Waals surface area (Å²) in [6.07, 6.45) is 5.78. The van der Waals surface area contributed by atoms with Crippen molar-refractivity contribution in [3.8, 4) is 23.1 Å². The van der Waals surface area contributed by atoms with E-state index in [1.807, 2.05) is 62.8 Å². The molecule has 13 heteroatoms. The lowest BCUT2D eigenvalue weighted by Gasteiger charge is -2.37. The number of pyridine rings is 2. The molecule has 0 saturated carbocycles. The van der Waals surface area contributed by atoms with Crippen LogP contribution in [0.1, 0.15) is 83.5 Å². The Morgan fingerprint density at radius 3 is 2.49 bits per heavy atom. The molecule has 1 fully saturated rings. The maximum atomic E-state index is 12.6. The van der Waals surface area contributed by atoms with Crippen LogP contribution >= 0.6 is 0 Å². The molecule has 1 amide bonds. The van der Waals surface area contributed by atoms with Gasteiger partial charge in [-0.25, -0.2) is 14.0 Å². The van der Waals surface area contributed by atoms with Crippen molar-refractivity contribution in [1.29, 1.82) is 5.26 Å². The van der Waals surface area contributed by atoms with Gasteiger partial charge in [-0.3, -0.25) is 4.98 Å². The van der Waals surface area contributed by atoms with Crippen molar-refractivity contribution in [3.05, 3.63) is 59.8 Å². The lowest BCUT2D eigenvalue weighted by atomic mass is 10.0. The quantitative estimate of drug-likeness (QED) is 0.186. The van der Waals surface area contributed by atoms with E-state index in [9.17, 15) is 10.1 Å². The predicted octanol–water partition coefficient (Wildman–Crippen LogP) is 6.88. The smallest absolute Gasteiger partial charge is 0.410 e. The summed E-state index contributed by atoms with van der Waals surface area (Å²) in [6.45, 7) is 20.1. The van der Waals surface area contributed by atoms with Gasteiger partial charge in [0.15, 0.2) is 14.4 Å². The Hall–Kier alpha value is -4.28. The molecule has 1 aliphatic rings. The minimum absolute atomic E-state index is 0.0178. The monoisotopic (exact) mass is 658 g/mol. The molecule has 250 valence electrons. The lowest BCUT2D eigenvalue weighted by Crippen LogP contribution is -2.42. The van der Waals surface area contributed by atoms with Crippen LogP contribution in [0, 0.1) is 18.3 Å². The molecule has 0 aliphatic carbocycles.